The van der Waals surface area contributed by atoms with Gasteiger partial charge in [-0.15, -0.1) is 0 Å². The number of β-amino-alcohol motifs (C(OH)–C–C–N with tert-alkyl or cyclic N) is 1. The number of nitrogens with zero attached hydrogens (tertiary/aromatic N) is 1. The van der Waals surface area contributed by atoms with Crippen molar-refractivity contribution < 1.29 is 14.6 Å². The third-order valence-electron chi connectivity index (χ3n) is 4.33. The Kier molecular flexibility index (Phi) is 6.40. The fraction of sp³-hybridized carbons (Fsp3) is 0.611. The molecule has 0 unspecified atom stereocenters. The number of aliphatic hydroxyl groups is 1. The van der Waals surface area contributed by atoms with Gasteiger partial charge in [0.15, 0.2) is 5.78 Å². The van der Waals surface area contributed by atoms with E-state index in [4.69, 9.17) is 4.74 Å². The number of carbonyl (C=O) groups excluding carboxylic acids is 1. The molecule has 4 nitrogen and oxygen atoms in total. The smallest absolute Gasteiger partial charge is 0.162 e. The minimum absolute atomic E-state index is 0.130. The van der Waals surface area contributed by atoms with Crippen molar-refractivity contribution in [1.29, 1.82) is 0 Å². The van der Waals surface area contributed by atoms with Gasteiger partial charge in [-0.3, -0.25) is 9.69 Å². The van der Waals surface area contributed by atoms with Gasteiger partial charge in [0.2, 0.25) is 0 Å². The molecule has 22 heavy (non-hydrogen) atoms. The average molecular weight is 305 g/mol. The molecule has 1 saturated heterocycles. The lowest BCUT2D eigenvalue weighted by Gasteiger charge is -2.34. The van der Waals surface area contributed by atoms with Crippen molar-refractivity contribution in [2.45, 2.75) is 51.7 Å². The van der Waals surface area contributed by atoms with E-state index in [1.54, 1.807) is 24.3 Å². The van der Waals surface area contributed by atoms with Gasteiger partial charge >= 0.3 is 0 Å². The molecule has 2 atom stereocenters. The molecule has 122 valence electrons. The van der Waals surface area contributed by atoms with Gasteiger partial charge in [0.1, 0.15) is 18.5 Å². The summed E-state index contributed by atoms with van der Waals surface area (Å²) in [6.07, 6.45) is 3.73. The lowest BCUT2D eigenvalue weighted by atomic mass is 10.0. The van der Waals surface area contributed by atoms with Crippen LogP contribution >= 0.6 is 0 Å². The summed E-state index contributed by atoms with van der Waals surface area (Å²) in [6.45, 7) is 6.07. The number of ether oxygens (including phenoxy) is 1. The number of rotatable bonds is 7. The van der Waals surface area contributed by atoms with Crippen molar-refractivity contribution in [3.05, 3.63) is 29.8 Å². The third-order valence-corrected chi connectivity index (χ3v) is 4.33. The van der Waals surface area contributed by atoms with Crippen LogP contribution in [-0.4, -0.2) is 47.6 Å². The largest absolute Gasteiger partial charge is 0.491 e. The number of ketones is 1. The van der Waals surface area contributed by atoms with E-state index < -0.39 is 6.10 Å². The molecule has 2 rings (SSSR count). The summed E-state index contributed by atoms with van der Waals surface area (Å²) in [7, 11) is 0. The summed E-state index contributed by atoms with van der Waals surface area (Å²) in [5.41, 5.74) is 0.706. The van der Waals surface area contributed by atoms with E-state index in [2.05, 4.69) is 11.8 Å². The van der Waals surface area contributed by atoms with Crippen LogP contribution in [0.1, 0.15) is 49.9 Å². The molecule has 1 aromatic carbocycles. The molecule has 1 aromatic rings. The third kappa shape index (κ3) is 4.82. The zero-order chi connectivity index (χ0) is 15.9. The molecule has 1 aliphatic heterocycles. The minimum Gasteiger partial charge on any atom is -0.491 e. The molecule has 1 N–H and O–H groups in total. The van der Waals surface area contributed by atoms with Gasteiger partial charge in [0.25, 0.3) is 0 Å². The minimum atomic E-state index is -0.488. The van der Waals surface area contributed by atoms with Crippen LogP contribution in [0.3, 0.4) is 0 Å². The number of aliphatic hydroxyl groups excluding tert-OH is 1. The van der Waals surface area contributed by atoms with Crippen LogP contribution in [0.4, 0.5) is 0 Å². The second-order valence-electron chi connectivity index (χ2n) is 6.11. The molecular weight excluding hydrogens is 278 g/mol. The van der Waals surface area contributed by atoms with Crippen LogP contribution in [-0.2, 0) is 0 Å². The standard InChI is InChI=1S/C18H27NO3/c1-3-18(21)15-7-9-17(10-8-15)22-13-16(20)12-19-11-5-4-6-14(19)2/h7-10,14,16,20H,3-6,11-13H2,1-2H3/t14-,16-/m0/s1. The first-order chi connectivity index (χ1) is 10.6. The highest BCUT2D eigenvalue weighted by molar-refractivity contribution is 5.95. The van der Waals surface area contributed by atoms with Crippen molar-refractivity contribution >= 4 is 5.78 Å². The Morgan fingerprint density at radius 3 is 2.73 bits per heavy atom. The molecule has 0 aromatic heterocycles. The summed E-state index contributed by atoms with van der Waals surface area (Å²) in [4.78, 5) is 13.9. The highest BCUT2D eigenvalue weighted by Crippen LogP contribution is 2.17. The molecule has 1 fully saturated rings. The van der Waals surface area contributed by atoms with Gasteiger partial charge in [-0.25, -0.2) is 0 Å². The summed E-state index contributed by atoms with van der Waals surface area (Å²) in [5, 5.41) is 10.1. The quantitative estimate of drug-likeness (QED) is 0.787. The Bertz CT molecular complexity index is 472. The number of likely N-dealkylation sites (tertiary alicyclic amines) is 1. The predicted octanol–water partition coefficient (Wildman–Crippen LogP) is 2.89. The molecule has 0 bridgehead atoms. The van der Waals surface area contributed by atoms with Gasteiger partial charge in [-0.2, -0.15) is 0 Å². The average Bonchev–Trinajstić information content (AvgIpc) is 2.55. The summed E-state index contributed by atoms with van der Waals surface area (Å²) >= 11 is 0. The van der Waals surface area contributed by atoms with E-state index >= 15 is 0 Å². The number of piperidine rings is 1. The van der Waals surface area contributed by atoms with E-state index in [9.17, 15) is 9.90 Å². The van der Waals surface area contributed by atoms with Crippen LogP contribution in [0.2, 0.25) is 0 Å². The first-order valence-electron chi connectivity index (χ1n) is 8.28. The molecule has 0 amide bonds. The molecule has 1 heterocycles. The fourth-order valence-electron chi connectivity index (χ4n) is 2.89. The van der Waals surface area contributed by atoms with Gasteiger partial charge in [0.05, 0.1) is 0 Å². The number of carbonyl (C=O) groups is 1. The van der Waals surface area contributed by atoms with E-state index in [-0.39, 0.29) is 12.4 Å². The van der Waals surface area contributed by atoms with Crippen molar-refractivity contribution in [1.82, 2.24) is 4.90 Å². The fourth-order valence-corrected chi connectivity index (χ4v) is 2.89. The topological polar surface area (TPSA) is 49.8 Å². The molecule has 0 radical (unpaired) electrons. The van der Waals surface area contributed by atoms with Crippen LogP contribution in [0, 0.1) is 0 Å². The molecule has 4 heteroatoms. The van der Waals surface area contributed by atoms with Gasteiger partial charge < -0.3 is 9.84 Å². The Labute approximate surface area is 133 Å². The number of benzene rings is 1. The summed E-state index contributed by atoms with van der Waals surface area (Å²) < 4.78 is 5.62. The lowest BCUT2D eigenvalue weighted by Crippen LogP contribution is -2.43. The van der Waals surface area contributed by atoms with Crippen LogP contribution in [0.25, 0.3) is 0 Å². The Balaban J connectivity index is 1.78. The van der Waals surface area contributed by atoms with E-state index in [1.807, 2.05) is 6.92 Å². The second kappa shape index (κ2) is 8.30. The van der Waals surface area contributed by atoms with Gasteiger partial charge in [-0.05, 0) is 50.6 Å². The van der Waals surface area contributed by atoms with Crippen LogP contribution < -0.4 is 4.74 Å². The highest BCUT2D eigenvalue weighted by Gasteiger charge is 2.20. The van der Waals surface area contributed by atoms with E-state index in [0.717, 1.165) is 6.54 Å². The SMILES string of the molecule is CCC(=O)c1ccc(OC[C@@H](O)CN2CCCC[C@@H]2C)cc1. The Morgan fingerprint density at radius 1 is 1.36 bits per heavy atom. The zero-order valence-electron chi connectivity index (χ0n) is 13.6. The van der Waals surface area contributed by atoms with Crippen LogP contribution in [0.5, 0.6) is 5.75 Å². The highest BCUT2D eigenvalue weighted by atomic mass is 16.5. The Morgan fingerprint density at radius 2 is 2.09 bits per heavy atom. The predicted molar refractivity (Wildman–Crippen MR) is 87.5 cm³/mol. The van der Waals surface area contributed by atoms with E-state index in [1.165, 1.54) is 19.3 Å². The summed E-state index contributed by atoms with van der Waals surface area (Å²) in [6, 6.07) is 7.68. The molecular formula is C18H27NO3. The maximum absolute atomic E-state index is 11.6. The van der Waals surface area contributed by atoms with Gasteiger partial charge in [-0.1, -0.05) is 13.3 Å². The number of Topliss-reactive ketones (excluding diaryl/α,β-unsaturated/α-hetero) is 1. The summed E-state index contributed by atoms with van der Waals surface area (Å²) in [5.74, 6) is 0.823. The molecule has 0 saturated carbocycles. The normalized spacial score (nSPS) is 20.6. The maximum atomic E-state index is 11.6. The Hall–Kier alpha value is -1.39. The molecule has 0 aliphatic carbocycles. The first kappa shape index (κ1) is 17.0. The first-order valence-corrected chi connectivity index (χ1v) is 8.28. The van der Waals surface area contributed by atoms with E-state index in [0.29, 0.717) is 30.3 Å². The van der Waals surface area contributed by atoms with Crippen LogP contribution in [0.15, 0.2) is 24.3 Å². The monoisotopic (exact) mass is 305 g/mol. The number of hydrogen-bond donors (Lipinski definition) is 1. The maximum Gasteiger partial charge on any atom is 0.162 e. The molecule has 0 spiro atoms. The number of hydrogen-bond acceptors (Lipinski definition) is 4. The van der Waals surface area contributed by atoms with Gasteiger partial charge in [0, 0.05) is 24.6 Å². The van der Waals surface area contributed by atoms with Crippen molar-refractivity contribution in [3.63, 3.8) is 0 Å². The second-order valence-corrected chi connectivity index (χ2v) is 6.11. The van der Waals surface area contributed by atoms with Crippen molar-refractivity contribution in [2.75, 3.05) is 19.7 Å². The lowest BCUT2D eigenvalue weighted by molar-refractivity contribution is 0.0438. The van der Waals surface area contributed by atoms with Crippen molar-refractivity contribution in [3.8, 4) is 5.75 Å². The van der Waals surface area contributed by atoms with Crippen molar-refractivity contribution in [2.24, 2.45) is 0 Å². The zero-order valence-corrected chi connectivity index (χ0v) is 13.6. The molecule has 1 aliphatic rings.